The smallest absolute Gasteiger partial charge is 0.331 e. The Morgan fingerprint density at radius 1 is 0.750 bits per heavy atom. The highest BCUT2D eigenvalue weighted by molar-refractivity contribution is 5.84. The van der Waals surface area contributed by atoms with Crippen molar-refractivity contribution in [1.29, 1.82) is 0 Å². The van der Waals surface area contributed by atoms with Crippen molar-refractivity contribution in [2.75, 3.05) is 6.61 Å². The van der Waals surface area contributed by atoms with E-state index in [-0.39, 0.29) is 24.3 Å². The third-order valence-corrected chi connectivity index (χ3v) is 6.89. The fraction of sp³-hybridized carbons (Fsp3) is 0.750. The molecule has 0 saturated carbocycles. The number of aliphatic carboxylic acids is 1. The molecular weight excluding hydrogens is 686 g/mol. The number of rotatable bonds is 15. The number of aromatic nitrogens is 4. The molecule has 2 rings (SSSR count). The van der Waals surface area contributed by atoms with Gasteiger partial charge in [-0.15, -0.1) is 20.4 Å². The van der Waals surface area contributed by atoms with E-state index in [0.717, 1.165) is 6.42 Å². The monoisotopic (exact) mass is 743 g/mol. The van der Waals surface area contributed by atoms with Gasteiger partial charge in [-0.2, -0.15) is 0 Å². The van der Waals surface area contributed by atoms with Crippen LogP contribution in [0.2, 0.25) is 0 Å². The SMILES string of the molecule is CC(O)[C@H](NC(=O)N[C@@H](C)c1nnc([C@@H](N)CO)o1)C(=O)O.CC[C@H](C)c1nnc([C@H](C)NC(=O)N[C@H](C(=O)OC(C)(C)C)C(C)OC(C)(C)C)o1. The number of carboxylic acids is 1. The van der Waals surface area contributed by atoms with Crippen LogP contribution in [0, 0.1) is 0 Å². The molecule has 296 valence electrons. The number of nitrogens with two attached hydrogens (primary N) is 1. The van der Waals surface area contributed by atoms with Crippen molar-refractivity contribution in [1.82, 2.24) is 41.7 Å². The number of amides is 4. The second-order valence-corrected chi connectivity index (χ2v) is 14.2. The number of hydrogen-bond acceptors (Lipinski definition) is 15. The van der Waals surface area contributed by atoms with Gasteiger partial charge in [-0.25, -0.2) is 19.2 Å². The maximum Gasteiger partial charge on any atom is 0.331 e. The van der Waals surface area contributed by atoms with Gasteiger partial charge < -0.3 is 60.6 Å². The number of carbonyl (C=O) groups is 4. The van der Waals surface area contributed by atoms with Gasteiger partial charge in [-0.1, -0.05) is 13.8 Å². The fourth-order valence-corrected chi connectivity index (χ4v) is 4.07. The molecule has 52 heavy (non-hydrogen) atoms. The van der Waals surface area contributed by atoms with E-state index in [1.807, 2.05) is 34.6 Å². The second kappa shape index (κ2) is 20.0. The molecule has 0 fully saturated rings. The van der Waals surface area contributed by atoms with Crippen molar-refractivity contribution >= 4 is 24.0 Å². The summed E-state index contributed by atoms with van der Waals surface area (Å²) in [5, 5.41) is 52.2. The topological polar surface area (TPSA) is 299 Å². The second-order valence-electron chi connectivity index (χ2n) is 14.2. The first kappa shape index (κ1) is 45.6. The molecule has 2 aromatic heterocycles. The molecule has 0 aliphatic heterocycles. The largest absolute Gasteiger partial charge is 0.480 e. The molecular formula is C32H57N9O11. The molecule has 0 spiro atoms. The van der Waals surface area contributed by atoms with Gasteiger partial charge in [0.1, 0.15) is 23.7 Å². The van der Waals surface area contributed by atoms with Crippen LogP contribution in [-0.4, -0.2) is 102 Å². The number of esters is 1. The normalized spacial score (nSPS) is 16.4. The summed E-state index contributed by atoms with van der Waals surface area (Å²) >= 11 is 0. The van der Waals surface area contributed by atoms with Crippen molar-refractivity contribution in [3.63, 3.8) is 0 Å². The first-order valence-electron chi connectivity index (χ1n) is 16.9. The van der Waals surface area contributed by atoms with Crippen LogP contribution in [0.4, 0.5) is 9.59 Å². The first-order chi connectivity index (χ1) is 23.9. The zero-order chi connectivity index (χ0) is 40.1. The Hall–Kier alpha value is -4.40. The quantitative estimate of drug-likeness (QED) is 0.121. The average molecular weight is 744 g/mol. The molecule has 0 radical (unpaired) electrons. The minimum absolute atomic E-state index is 0.0129. The van der Waals surface area contributed by atoms with Gasteiger partial charge in [0.2, 0.25) is 23.6 Å². The molecule has 8 atom stereocenters. The number of urea groups is 2. The zero-order valence-corrected chi connectivity index (χ0v) is 32.0. The number of carbonyl (C=O) groups excluding carboxylic acids is 3. The van der Waals surface area contributed by atoms with E-state index in [0.29, 0.717) is 11.8 Å². The molecule has 20 heteroatoms. The van der Waals surface area contributed by atoms with Gasteiger partial charge in [0.25, 0.3) is 0 Å². The van der Waals surface area contributed by atoms with Crippen LogP contribution in [0.5, 0.6) is 0 Å². The Balaban J connectivity index is 0.000000545. The lowest BCUT2D eigenvalue weighted by atomic mass is 10.1. The van der Waals surface area contributed by atoms with Gasteiger partial charge in [-0.3, -0.25) is 0 Å². The average Bonchev–Trinajstić information content (AvgIpc) is 3.71. The van der Waals surface area contributed by atoms with E-state index >= 15 is 0 Å². The van der Waals surface area contributed by atoms with Gasteiger partial charge >= 0.3 is 24.0 Å². The molecule has 0 aliphatic rings. The predicted molar refractivity (Wildman–Crippen MR) is 185 cm³/mol. The van der Waals surface area contributed by atoms with Crippen LogP contribution >= 0.6 is 0 Å². The van der Waals surface area contributed by atoms with Gasteiger partial charge in [-0.05, 0) is 75.7 Å². The number of nitrogens with one attached hydrogen (secondary N) is 4. The molecule has 0 bridgehead atoms. The molecule has 4 amide bonds. The van der Waals surface area contributed by atoms with Gasteiger partial charge in [0.05, 0.1) is 24.4 Å². The third kappa shape index (κ3) is 15.9. The predicted octanol–water partition coefficient (Wildman–Crippen LogP) is 2.11. The summed E-state index contributed by atoms with van der Waals surface area (Å²) in [7, 11) is 0. The lowest BCUT2D eigenvalue weighted by Gasteiger charge is -2.32. The van der Waals surface area contributed by atoms with Crippen LogP contribution in [0.3, 0.4) is 0 Å². The lowest BCUT2D eigenvalue weighted by molar-refractivity contribution is -0.164. The van der Waals surface area contributed by atoms with Crippen molar-refractivity contribution < 1.29 is 52.8 Å². The highest BCUT2D eigenvalue weighted by Crippen LogP contribution is 2.20. The molecule has 0 aliphatic carbocycles. The Labute approximate surface area is 303 Å². The number of carboxylic acid groups (broad SMARTS) is 1. The van der Waals surface area contributed by atoms with Crippen molar-refractivity contribution in [2.24, 2.45) is 5.73 Å². The molecule has 9 N–H and O–H groups in total. The summed E-state index contributed by atoms with van der Waals surface area (Å²) < 4.78 is 22.2. The van der Waals surface area contributed by atoms with Crippen LogP contribution in [0.25, 0.3) is 0 Å². The van der Waals surface area contributed by atoms with Gasteiger partial charge in [0, 0.05) is 5.92 Å². The Bertz CT molecular complexity index is 1440. The Morgan fingerprint density at radius 2 is 1.19 bits per heavy atom. The van der Waals surface area contributed by atoms with E-state index in [4.69, 9.17) is 34.3 Å². The number of nitrogens with zero attached hydrogens (tertiary/aromatic N) is 4. The summed E-state index contributed by atoms with van der Waals surface area (Å²) in [5.74, 6) is -0.921. The number of ether oxygens (including phenoxy) is 2. The zero-order valence-electron chi connectivity index (χ0n) is 32.0. The third-order valence-electron chi connectivity index (χ3n) is 6.89. The fourth-order valence-electron chi connectivity index (χ4n) is 4.07. The summed E-state index contributed by atoms with van der Waals surface area (Å²) in [4.78, 5) is 47.9. The molecule has 2 aromatic rings. The maximum absolute atomic E-state index is 12.7. The Morgan fingerprint density at radius 3 is 1.60 bits per heavy atom. The summed E-state index contributed by atoms with van der Waals surface area (Å²) in [6.45, 7) is 20.8. The van der Waals surface area contributed by atoms with E-state index in [9.17, 15) is 24.3 Å². The van der Waals surface area contributed by atoms with Gasteiger partial charge in [0.15, 0.2) is 12.1 Å². The maximum atomic E-state index is 12.7. The Kier molecular flexibility index (Phi) is 17.5. The van der Waals surface area contributed by atoms with Crippen LogP contribution in [0.15, 0.2) is 8.83 Å². The van der Waals surface area contributed by atoms with Crippen molar-refractivity contribution in [2.45, 2.75) is 149 Å². The molecule has 2 heterocycles. The first-order valence-corrected chi connectivity index (χ1v) is 16.9. The number of hydrogen-bond donors (Lipinski definition) is 8. The molecule has 0 aromatic carbocycles. The number of aliphatic hydroxyl groups excluding tert-OH is 2. The van der Waals surface area contributed by atoms with Crippen molar-refractivity contribution in [3.05, 3.63) is 23.6 Å². The minimum Gasteiger partial charge on any atom is -0.480 e. The summed E-state index contributed by atoms with van der Waals surface area (Å²) in [6, 6.07) is -5.92. The minimum atomic E-state index is -1.45. The van der Waals surface area contributed by atoms with E-state index in [1.165, 1.54) is 13.8 Å². The molecule has 2 unspecified atom stereocenters. The standard InChI is InChI=1S/C21H38N4O5.C11H19N5O6/c1-11-12(2)16-24-25-17(28-16)13(3)22-19(27)23-15(14(4)29-20(5,6)7)18(26)30-21(8,9)10;1-4(8-15-16-9(22-8)6(12)3-17)13-11(21)14-7(5(2)18)10(19)20/h12-15H,11H2,1-10H3,(H2,22,23,27);4-7,17-18H,3,12H2,1-2H3,(H,19,20)(H2,13,14,21)/t12-,13-,14?,15-;4-,5?,6-,7-/m00/s1. The van der Waals surface area contributed by atoms with E-state index < -0.39 is 77.6 Å². The summed E-state index contributed by atoms with van der Waals surface area (Å²) in [5.41, 5.74) is 4.31. The number of aliphatic hydroxyl groups is 2. The molecule has 20 nitrogen and oxygen atoms in total. The van der Waals surface area contributed by atoms with Crippen LogP contribution in [0.1, 0.15) is 137 Å². The van der Waals surface area contributed by atoms with Crippen LogP contribution < -0.4 is 27.0 Å². The van der Waals surface area contributed by atoms with E-state index in [1.54, 1.807) is 34.6 Å². The molecule has 0 saturated heterocycles. The lowest BCUT2D eigenvalue weighted by Crippen LogP contribution is -2.55. The highest BCUT2D eigenvalue weighted by atomic mass is 16.6. The van der Waals surface area contributed by atoms with E-state index in [2.05, 4.69) is 41.7 Å². The highest BCUT2D eigenvalue weighted by Gasteiger charge is 2.35. The van der Waals surface area contributed by atoms with Crippen LogP contribution in [-0.2, 0) is 19.1 Å². The van der Waals surface area contributed by atoms with Crippen molar-refractivity contribution in [3.8, 4) is 0 Å². The summed E-state index contributed by atoms with van der Waals surface area (Å²) in [6.07, 6.45) is -1.01.